The van der Waals surface area contributed by atoms with Gasteiger partial charge in [-0.2, -0.15) is 0 Å². The molecule has 0 aliphatic rings. The zero-order valence-corrected chi connectivity index (χ0v) is 11.6. The van der Waals surface area contributed by atoms with Gasteiger partial charge in [0.1, 0.15) is 17.3 Å². The van der Waals surface area contributed by atoms with E-state index in [-0.39, 0.29) is 6.54 Å². The Kier molecular flexibility index (Phi) is 5.00. The van der Waals surface area contributed by atoms with Gasteiger partial charge in [0.05, 0.1) is 6.54 Å². The van der Waals surface area contributed by atoms with E-state index in [0.29, 0.717) is 6.54 Å². The Labute approximate surface area is 122 Å². The maximum atomic E-state index is 13.4. The number of anilines is 1. The van der Waals surface area contributed by atoms with E-state index in [4.69, 9.17) is 0 Å². The number of halogens is 2. The second-order valence-corrected chi connectivity index (χ2v) is 4.74. The largest absolute Gasteiger partial charge is 0.320 e. The molecule has 3 nitrogen and oxygen atoms in total. The fourth-order valence-electron chi connectivity index (χ4n) is 1.94. The summed E-state index contributed by atoms with van der Waals surface area (Å²) in [5.74, 6) is -2.07. The first-order valence-corrected chi connectivity index (χ1v) is 6.56. The van der Waals surface area contributed by atoms with E-state index in [1.54, 1.807) is 0 Å². The van der Waals surface area contributed by atoms with Gasteiger partial charge in [-0.3, -0.25) is 4.79 Å². The zero-order valence-electron chi connectivity index (χ0n) is 11.6. The van der Waals surface area contributed by atoms with Crippen LogP contribution in [0.1, 0.15) is 11.1 Å². The van der Waals surface area contributed by atoms with Gasteiger partial charge in [-0.05, 0) is 24.6 Å². The first kappa shape index (κ1) is 15.1. The smallest absolute Gasteiger partial charge is 0.238 e. The van der Waals surface area contributed by atoms with Crippen molar-refractivity contribution >= 4 is 11.6 Å². The number of carbonyl (C=O) groups is 1. The normalized spacial score (nSPS) is 10.4. The van der Waals surface area contributed by atoms with Crippen molar-refractivity contribution in [3.8, 4) is 0 Å². The Morgan fingerprint density at radius 1 is 1.10 bits per heavy atom. The molecule has 5 heteroatoms. The summed E-state index contributed by atoms with van der Waals surface area (Å²) in [5.41, 5.74) is 1.76. The van der Waals surface area contributed by atoms with Gasteiger partial charge < -0.3 is 10.6 Å². The average molecular weight is 290 g/mol. The SMILES string of the molecule is Cc1cccc(CNCC(=O)Nc2c(F)cccc2F)c1. The van der Waals surface area contributed by atoms with Crippen LogP contribution < -0.4 is 10.6 Å². The third-order valence-corrected chi connectivity index (χ3v) is 2.92. The Bertz CT molecular complexity index is 624. The van der Waals surface area contributed by atoms with Crippen molar-refractivity contribution in [2.75, 3.05) is 11.9 Å². The van der Waals surface area contributed by atoms with Crippen LogP contribution in [-0.4, -0.2) is 12.5 Å². The van der Waals surface area contributed by atoms with Crippen LogP contribution in [-0.2, 0) is 11.3 Å². The van der Waals surface area contributed by atoms with E-state index in [2.05, 4.69) is 10.6 Å². The molecule has 0 spiro atoms. The summed E-state index contributed by atoms with van der Waals surface area (Å²) < 4.78 is 26.7. The summed E-state index contributed by atoms with van der Waals surface area (Å²) in [6.07, 6.45) is 0. The van der Waals surface area contributed by atoms with Gasteiger partial charge in [0.25, 0.3) is 0 Å². The molecule has 0 aliphatic carbocycles. The first-order chi connectivity index (χ1) is 10.1. The highest BCUT2D eigenvalue weighted by Gasteiger charge is 2.11. The molecule has 1 amide bonds. The molecule has 0 aliphatic heterocycles. The van der Waals surface area contributed by atoms with E-state index in [9.17, 15) is 13.6 Å². The number of nitrogens with one attached hydrogen (secondary N) is 2. The number of para-hydroxylation sites is 1. The van der Waals surface area contributed by atoms with Crippen LogP contribution >= 0.6 is 0 Å². The molecule has 0 bridgehead atoms. The van der Waals surface area contributed by atoms with Crippen LogP contribution in [0.3, 0.4) is 0 Å². The number of hydrogen-bond acceptors (Lipinski definition) is 2. The lowest BCUT2D eigenvalue weighted by Crippen LogP contribution is -2.28. The van der Waals surface area contributed by atoms with Gasteiger partial charge in [0, 0.05) is 6.54 Å². The fourth-order valence-corrected chi connectivity index (χ4v) is 1.94. The van der Waals surface area contributed by atoms with Gasteiger partial charge in [-0.25, -0.2) is 8.78 Å². The molecule has 0 radical (unpaired) electrons. The van der Waals surface area contributed by atoms with Gasteiger partial charge in [0.15, 0.2) is 0 Å². The maximum absolute atomic E-state index is 13.4. The van der Waals surface area contributed by atoms with Crippen molar-refractivity contribution in [1.82, 2.24) is 5.32 Å². The van der Waals surface area contributed by atoms with Gasteiger partial charge in [-0.15, -0.1) is 0 Å². The second kappa shape index (κ2) is 6.95. The molecule has 2 rings (SSSR count). The third-order valence-electron chi connectivity index (χ3n) is 2.92. The minimum Gasteiger partial charge on any atom is -0.320 e. The first-order valence-electron chi connectivity index (χ1n) is 6.56. The average Bonchev–Trinajstić information content (AvgIpc) is 2.43. The highest BCUT2D eigenvalue weighted by molar-refractivity contribution is 5.92. The molecule has 0 unspecified atom stereocenters. The number of rotatable bonds is 5. The van der Waals surface area contributed by atoms with Crippen molar-refractivity contribution in [3.63, 3.8) is 0 Å². The van der Waals surface area contributed by atoms with E-state index >= 15 is 0 Å². The number of amides is 1. The number of aryl methyl sites for hydroxylation is 1. The third kappa shape index (κ3) is 4.36. The lowest BCUT2D eigenvalue weighted by atomic mass is 10.1. The van der Waals surface area contributed by atoms with Crippen LogP contribution in [0.5, 0.6) is 0 Å². The van der Waals surface area contributed by atoms with Crippen LogP contribution in [0.15, 0.2) is 42.5 Å². The summed E-state index contributed by atoms with van der Waals surface area (Å²) in [4.78, 5) is 11.7. The summed E-state index contributed by atoms with van der Waals surface area (Å²) in [5, 5.41) is 5.16. The molecule has 0 saturated heterocycles. The summed E-state index contributed by atoms with van der Waals surface area (Å²) in [7, 11) is 0. The number of benzene rings is 2. The predicted molar refractivity (Wildman–Crippen MR) is 77.9 cm³/mol. The Morgan fingerprint density at radius 3 is 2.43 bits per heavy atom. The molecule has 110 valence electrons. The predicted octanol–water partition coefficient (Wildman–Crippen LogP) is 3.00. The van der Waals surface area contributed by atoms with Gasteiger partial charge in [-0.1, -0.05) is 35.9 Å². The minimum absolute atomic E-state index is 0.0261. The molecule has 0 aromatic heterocycles. The number of hydrogen-bond donors (Lipinski definition) is 2. The van der Waals surface area contributed by atoms with E-state index < -0.39 is 23.2 Å². The minimum atomic E-state index is -0.790. The Morgan fingerprint density at radius 2 is 1.76 bits per heavy atom. The van der Waals surface area contributed by atoms with Crippen molar-refractivity contribution in [2.45, 2.75) is 13.5 Å². The second-order valence-electron chi connectivity index (χ2n) is 4.74. The van der Waals surface area contributed by atoms with Crippen LogP contribution in [0.4, 0.5) is 14.5 Å². The highest BCUT2D eigenvalue weighted by atomic mass is 19.1. The lowest BCUT2D eigenvalue weighted by molar-refractivity contribution is -0.115. The molecule has 2 N–H and O–H groups in total. The molecule has 0 saturated carbocycles. The Hall–Kier alpha value is -2.27. The maximum Gasteiger partial charge on any atom is 0.238 e. The molecule has 21 heavy (non-hydrogen) atoms. The van der Waals surface area contributed by atoms with Crippen molar-refractivity contribution in [3.05, 3.63) is 65.2 Å². The number of carbonyl (C=O) groups excluding carboxylic acids is 1. The molecule has 0 fully saturated rings. The van der Waals surface area contributed by atoms with E-state index in [1.807, 2.05) is 31.2 Å². The van der Waals surface area contributed by atoms with Gasteiger partial charge in [0.2, 0.25) is 5.91 Å². The highest BCUT2D eigenvalue weighted by Crippen LogP contribution is 2.17. The van der Waals surface area contributed by atoms with Crippen LogP contribution in [0, 0.1) is 18.6 Å². The molecular formula is C16H16F2N2O. The topological polar surface area (TPSA) is 41.1 Å². The van der Waals surface area contributed by atoms with Crippen LogP contribution in [0.25, 0.3) is 0 Å². The van der Waals surface area contributed by atoms with Crippen molar-refractivity contribution in [2.24, 2.45) is 0 Å². The lowest BCUT2D eigenvalue weighted by Gasteiger charge is -2.08. The zero-order chi connectivity index (χ0) is 15.2. The molecule has 2 aromatic carbocycles. The Balaban J connectivity index is 1.85. The molecule has 0 atom stereocenters. The fraction of sp³-hybridized carbons (Fsp3) is 0.188. The van der Waals surface area contributed by atoms with E-state index in [0.717, 1.165) is 23.3 Å². The van der Waals surface area contributed by atoms with Crippen LogP contribution in [0.2, 0.25) is 0 Å². The van der Waals surface area contributed by atoms with Crippen molar-refractivity contribution in [1.29, 1.82) is 0 Å². The summed E-state index contributed by atoms with van der Waals surface area (Å²) >= 11 is 0. The monoisotopic (exact) mass is 290 g/mol. The van der Waals surface area contributed by atoms with E-state index in [1.165, 1.54) is 6.07 Å². The quantitative estimate of drug-likeness (QED) is 0.889. The summed E-state index contributed by atoms with van der Waals surface area (Å²) in [6.45, 7) is 2.47. The molecule has 0 heterocycles. The molecular weight excluding hydrogens is 274 g/mol. The standard InChI is InChI=1S/C16H16F2N2O/c1-11-4-2-5-12(8-11)9-19-10-15(21)20-16-13(17)6-3-7-14(16)18/h2-8,19H,9-10H2,1H3,(H,20,21). The van der Waals surface area contributed by atoms with Gasteiger partial charge >= 0.3 is 0 Å². The summed E-state index contributed by atoms with van der Waals surface area (Å²) in [6, 6.07) is 11.3. The molecule has 2 aromatic rings. The van der Waals surface area contributed by atoms with Crippen molar-refractivity contribution < 1.29 is 13.6 Å².